The Balaban J connectivity index is 3.20. The summed E-state index contributed by atoms with van der Waals surface area (Å²) in [6.07, 6.45) is 17.9. The summed E-state index contributed by atoms with van der Waals surface area (Å²) in [4.78, 5) is 0. The van der Waals surface area contributed by atoms with Gasteiger partial charge in [0.2, 0.25) is 0 Å². The predicted molar refractivity (Wildman–Crippen MR) is 66.4 cm³/mol. The molecule has 0 bridgehead atoms. The maximum absolute atomic E-state index is 8.30. The molecule has 0 heterocycles. The van der Waals surface area contributed by atoms with Crippen molar-refractivity contribution in [2.24, 2.45) is 0 Å². The molecule has 0 rings (SSSR count). The first-order valence-corrected chi connectivity index (χ1v) is 5.69. The fraction of sp³-hybridized carbons (Fsp3) is 0.500. The molecule has 0 aliphatic heterocycles. The SMILES string of the molecule is C=CCCCC/C=C/C/C=C/CCC#N. The van der Waals surface area contributed by atoms with Crippen LogP contribution in [0.4, 0.5) is 0 Å². The van der Waals surface area contributed by atoms with E-state index in [0.717, 1.165) is 19.3 Å². The number of rotatable bonds is 9. The summed E-state index contributed by atoms with van der Waals surface area (Å²) < 4.78 is 0. The molecule has 0 aliphatic rings. The molecule has 0 aromatic heterocycles. The smallest absolute Gasteiger partial charge is 0.0624 e. The number of hydrogen-bond acceptors (Lipinski definition) is 1. The Hall–Kier alpha value is -1.29. The van der Waals surface area contributed by atoms with E-state index in [-0.39, 0.29) is 0 Å². The van der Waals surface area contributed by atoms with Crippen molar-refractivity contribution in [1.82, 2.24) is 0 Å². The van der Waals surface area contributed by atoms with Crippen LogP contribution in [-0.2, 0) is 0 Å². The quantitative estimate of drug-likeness (QED) is 0.398. The van der Waals surface area contributed by atoms with Gasteiger partial charge in [-0.05, 0) is 38.5 Å². The van der Waals surface area contributed by atoms with E-state index in [1.165, 1.54) is 19.3 Å². The Morgan fingerprint density at radius 3 is 2.27 bits per heavy atom. The van der Waals surface area contributed by atoms with Crippen LogP contribution in [0.2, 0.25) is 0 Å². The summed E-state index contributed by atoms with van der Waals surface area (Å²) in [6.45, 7) is 3.69. The monoisotopic (exact) mass is 203 g/mol. The number of hydrogen-bond donors (Lipinski definition) is 0. The second-order valence-electron chi connectivity index (χ2n) is 3.45. The van der Waals surface area contributed by atoms with Gasteiger partial charge in [-0.2, -0.15) is 5.26 Å². The van der Waals surface area contributed by atoms with Gasteiger partial charge >= 0.3 is 0 Å². The van der Waals surface area contributed by atoms with Crippen molar-refractivity contribution >= 4 is 0 Å². The van der Waals surface area contributed by atoms with Crippen molar-refractivity contribution < 1.29 is 0 Å². The first-order chi connectivity index (χ1) is 7.41. The van der Waals surface area contributed by atoms with Gasteiger partial charge in [-0.15, -0.1) is 6.58 Å². The number of unbranched alkanes of at least 4 members (excludes halogenated alkanes) is 4. The van der Waals surface area contributed by atoms with E-state index in [2.05, 4.69) is 37.0 Å². The van der Waals surface area contributed by atoms with Gasteiger partial charge in [0.1, 0.15) is 0 Å². The zero-order valence-corrected chi connectivity index (χ0v) is 9.49. The molecule has 15 heavy (non-hydrogen) atoms. The molecule has 0 radical (unpaired) electrons. The number of nitrogens with zero attached hydrogens (tertiary/aromatic N) is 1. The van der Waals surface area contributed by atoms with E-state index in [1.807, 2.05) is 6.08 Å². The van der Waals surface area contributed by atoms with Gasteiger partial charge in [-0.3, -0.25) is 0 Å². The normalized spacial score (nSPS) is 10.9. The molecule has 82 valence electrons. The molecule has 0 saturated heterocycles. The van der Waals surface area contributed by atoms with Gasteiger partial charge in [-0.25, -0.2) is 0 Å². The van der Waals surface area contributed by atoms with Crippen LogP contribution in [0, 0.1) is 11.3 Å². The first-order valence-electron chi connectivity index (χ1n) is 5.69. The zero-order chi connectivity index (χ0) is 11.2. The summed E-state index contributed by atoms with van der Waals surface area (Å²) in [7, 11) is 0. The molecule has 1 nitrogen and oxygen atoms in total. The van der Waals surface area contributed by atoms with Gasteiger partial charge in [0.05, 0.1) is 6.07 Å². The van der Waals surface area contributed by atoms with Crippen molar-refractivity contribution in [3.05, 3.63) is 37.0 Å². The highest BCUT2D eigenvalue weighted by Gasteiger charge is 1.82. The van der Waals surface area contributed by atoms with Crippen LogP contribution in [0.15, 0.2) is 37.0 Å². The van der Waals surface area contributed by atoms with E-state index in [1.54, 1.807) is 0 Å². The van der Waals surface area contributed by atoms with Crippen LogP contribution >= 0.6 is 0 Å². The van der Waals surface area contributed by atoms with E-state index in [0.29, 0.717) is 6.42 Å². The van der Waals surface area contributed by atoms with Crippen molar-refractivity contribution in [3.63, 3.8) is 0 Å². The average Bonchev–Trinajstić information content (AvgIpc) is 2.26. The summed E-state index contributed by atoms with van der Waals surface area (Å²) in [5, 5.41) is 8.30. The van der Waals surface area contributed by atoms with Crippen LogP contribution < -0.4 is 0 Å². The predicted octanol–water partition coefficient (Wildman–Crippen LogP) is 4.54. The fourth-order valence-corrected chi connectivity index (χ4v) is 1.21. The van der Waals surface area contributed by atoms with Crippen molar-refractivity contribution in [2.75, 3.05) is 0 Å². The van der Waals surface area contributed by atoms with Gasteiger partial charge in [0, 0.05) is 6.42 Å². The Morgan fingerprint density at radius 1 is 0.933 bits per heavy atom. The van der Waals surface area contributed by atoms with E-state index < -0.39 is 0 Å². The Labute approximate surface area is 93.8 Å². The molecule has 0 saturated carbocycles. The standard InChI is InChI=1S/C14H21N/c1-2-3-4-5-6-7-8-9-10-11-12-13-14-15/h2,7-8,10-11H,1,3-6,9,12-13H2/b8-7+,11-10+. The number of nitriles is 1. The minimum Gasteiger partial charge on any atom is -0.198 e. The summed E-state index contributed by atoms with van der Waals surface area (Å²) in [5.74, 6) is 0. The summed E-state index contributed by atoms with van der Waals surface area (Å²) in [5.41, 5.74) is 0. The van der Waals surface area contributed by atoms with Crippen LogP contribution in [0.25, 0.3) is 0 Å². The molecule has 0 N–H and O–H groups in total. The van der Waals surface area contributed by atoms with Crippen molar-refractivity contribution in [3.8, 4) is 6.07 Å². The van der Waals surface area contributed by atoms with Gasteiger partial charge in [-0.1, -0.05) is 30.4 Å². The highest BCUT2D eigenvalue weighted by atomic mass is 14.2. The fourth-order valence-electron chi connectivity index (χ4n) is 1.21. The second-order valence-corrected chi connectivity index (χ2v) is 3.45. The lowest BCUT2D eigenvalue weighted by Gasteiger charge is -1.91. The molecule has 0 atom stereocenters. The minimum atomic E-state index is 0.627. The molecule has 0 aromatic carbocycles. The van der Waals surface area contributed by atoms with Crippen LogP contribution in [0.5, 0.6) is 0 Å². The molecule has 0 spiro atoms. The molecular formula is C14H21N. The second kappa shape index (κ2) is 12.7. The maximum Gasteiger partial charge on any atom is 0.0624 e. The first kappa shape index (κ1) is 13.7. The minimum absolute atomic E-state index is 0.627. The zero-order valence-electron chi connectivity index (χ0n) is 9.49. The highest BCUT2D eigenvalue weighted by molar-refractivity contribution is 4.93. The number of allylic oxidation sites excluding steroid dienone is 5. The third-order valence-corrected chi connectivity index (χ3v) is 2.06. The van der Waals surface area contributed by atoms with Gasteiger partial charge in [0.25, 0.3) is 0 Å². The third-order valence-electron chi connectivity index (χ3n) is 2.06. The lowest BCUT2D eigenvalue weighted by molar-refractivity contribution is 0.762. The Morgan fingerprint density at radius 2 is 1.60 bits per heavy atom. The molecule has 0 amide bonds. The van der Waals surface area contributed by atoms with Crippen molar-refractivity contribution in [1.29, 1.82) is 5.26 Å². The Bertz CT molecular complexity index is 230. The van der Waals surface area contributed by atoms with Crippen LogP contribution in [0.1, 0.15) is 44.9 Å². The van der Waals surface area contributed by atoms with Gasteiger partial charge in [0.15, 0.2) is 0 Å². The molecule has 0 aromatic rings. The average molecular weight is 203 g/mol. The van der Waals surface area contributed by atoms with Crippen LogP contribution in [0.3, 0.4) is 0 Å². The van der Waals surface area contributed by atoms with Crippen LogP contribution in [-0.4, -0.2) is 0 Å². The molecule has 0 aliphatic carbocycles. The molecule has 0 unspecified atom stereocenters. The lowest BCUT2D eigenvalue weighted by Crippen LogP contribution is -1.71. The molecular weight excluding hydrogens is 182 g/mol. The topological polar surface area (TPSA) is 23.8 Å². The highest BCUT2D eigenvalue weighted by Crippen LogP contribution is 2.01. The van der Waals surface area contributed by atoms with Crippen molar-refractivity contribution in [2.45, 2.75) is 44.9 Å². The molecule has 0 fully saturated rings. The summed E-state index contributed by atoms with van der Waals surface area (Å²) in [6, 6.07) is 2.12. The van der Waals surface area contributed by atoms with E-state index in [4.69, 9.17) is 5.26 Å². The van der Waals surface area contributed by atoms with E-state index >= 15 is 0 Å². The Kier molecular flexibility index (Phi) is 11.6. The van der Waals surface area contributed by atoms with E-state index in [9.17, 15) is 0 Å². The third kappa shape index (κ3) is 12.7. The largest absolute Gasteiger partial charge is 0.198 e. The van der Waals surface area contributed by atoms with Gasteiger partial charge < -0.3 is 0 Å². The lowest BCUT2D eigenvalue weighted by atomic mass is 10.2. The maximum atomic E-state index is 8.30. The summed E-state index contributed by atoms with van der Waals surface area (Å²) >= 11 is 0. The molecule has 1 heteroatoms.